The SMILES string of the molecule is Cc1nc2ccc(-c3ccncc3)nc2n1-c1ccc(CN2[C@H](C)COC[C@@H]2C)cc1. The van der Waals surface area contributed by atoms with Crippen molar-refractivity contribution in [2.75, 3.05) is 13.2 Å². The van der Waals surface area contributed by atoms with Gasteiger partial charge in [-0.05, 0) is 62.7 Å². The molecule has 1 saturated heterocycles. The van der Waals surface area contributed by atoms with Gasteiger partial charge in [0.25, 0.3) is 0 Å². The monoisotopic (exact) mass is 413 g/mol. The Kier molecular flexibility index (Phi) is 5.26. The number of aryl methyl sites for hydroxylation is 1. The second kappa shape index (κ2) is 8.21. The van der Waals surface area contributed by atoms with Gasteiger partial charge in [-0.2, -0.15) is 0 Å². The molecule has 1 aliphatic heterocycles. The molecule has 0 unspecified atom stereocenters. The molecule has 3 aromatic heterocycles. The summed E-state index contributed by atoms with van der Waals surface area (Å²) in [6.07, 6.45) is 3.58. The van der Waals surface area contributed by atoms with Crippen LogP contribution in [0.5, 0.6) is 0 Å². The normalized spacial score (nSPS) is 19.7. The highest BCUT2D eigenvalue weighted by Gasteiger charge is 2.25. The summed E-state index contributed by atoms with van der Waals surface area (Å²) in [5.74, 6) is 0.928. The van der Waals surface area contributed by atoms with Crippen LogP contribution >= 0.6 is 0 Å². The molecule has 1 aliphatic rings. The van der Waals surface area contributed by atoms with Crippen molar-refractivity contribution in [3.8, 4) is 16.9 Å². The smallest absolute Gasteiger partial charge is 0.165 e. The van der Waals surface area contributed by atoms with Gasteiger partial charge in [-0.1, -0.05) is 12.1 Å². The number of imidazole rings is 1. The average molecular weight is 414 g/mol. The molecule has 0 spiro atoms. The zero-order chi connectivity index (χ0) is 21.4. The number of morpholine rings is 1. The first-order chi connectivity index (χ1) is 15.1. The standard InChI is InChI=1S/C25H27N5O/c1-17-15-31-16-18(2)29(17)14-20-4-6-22(7-5-20)30-19(3)27-24-9-8-23(28-25(24)30)21-10-12-26-13-11-21/h4-13,17-18H,14-16H2,1-3H3/t17-,18+. The van der Waals surface area contributed by atoms with Crippen LogP contribution in [0, 0.1) is 6.92 Å². The maximum atomic E-state index is 5.66. The van der Waals surface area contributed by atoms with Crippen LogP contribution in [0.4, 0.5) is 0 Å². The van der Waals surface area contributed by atoms with Crippen LogP contribution in [0.15, 0.2) is 60.9 Å². The molecule has 4 heterocycles. The Bertz CT molecular complexity index is 1180. The topological polar surface area (TPSA) is 56.1 Å². The number of hydrogen-bond acceptors (Lipinski definition) is 5. The van der Waals surface area contributed by atoms with Crippen LogP contribution in [-0.4, -0.2) is 49.7 Å². The van der Waals surface area contributed by atoms with E-state index in [1.807, 2.05) is 31.2 Å². The van der Waals surface area contributed by atoms with Crippen LogP contribution in [0.3, 0.4) is 0 Å². The van der Waals surface area contributed by atoms with Crippen molar-refractivity contribution in [2.45, 2.75) is 39.4 Å². The molecule has 4 aromatic rings. The van der Waals surface area contributed by atoms with Gasteiger partial charge < -0.3 is 4.74 Å². The predicted octanol–water partition coefficient (Wildman–Crippen LogP) is 4.40. The lowest BCUT2D eigenvalue weighted by Crippen LogP contribution is -2.48. The molecule has 1 aromatic carbocycles. The minimum Gasteiger partial charge on any atom is -0.378 e. The molecule has 1 fully saturated rings. The highest BCUT2D eigenvalue weighted by molar-refractivity contribution is 5.78. The van der Waals surface area contributed by atoms with Crippen LogP contribution in [0.1, 0.15) is 25.2 Å². The molecule has 0 saturated carbocycles. The first-order valence-corrected chi connectivity index (χ1v) is 10.8. The van der Waals surface area contributed by atoms with E-state index in [0.29, 0.717) is 12.1 Å². The molecule has 5 rings (SSSR count). The minimum absolute atomic E-state index is 0.430. The lowest BCUT2D eigenvalue weighted by Gasteiger charge is -2.38. The van der Waals surface area contributed by atoms with E-state index in [1.54, 1.807) is 12.4 Å². The Morgan fingerprint density at radius 3 is 2.32 bits per heavy atom. The zero-order valence-corrected chi connectivity index (χ0v) is 18.2. The fraction of sp³-hybridized carbons (Fsp3) is 0.320. The van der Waals surface area contributed by atoms with Crippen LogP contribution in [0.2, 0.25) is 0 Å². The second-order valence-electron chi connectivity index (χ2n) is 8.34. The van der Waals surface area contributed by atoms with E-state index in [4.69, 9.17) is 14.7 Å². The van der Waals surface area contributed by atoms with Crippen molar-refractivity contribution in [1.29, 1.82) is 0 Å². The fourth-order valence-corrected chi connectivity index (χ4v) is 4.37. The Morgan fingerprint density at radius 2 is 1.61 bits per heavy atom. The molecule has 2 atom stereocenters. The van der Waals surface area contributed by atoms with E-state index in [1.165, 1.54) is 5.56 Å². The third kappa shape index (κ3) is 3.84. The van der Waals surface area contributed by atoms with Crippen LogP contribution < -0.4 is 0 Å². The molecule has 6 nitrogen and oxygen atoms in total. The highest BCUT2D eigenvalue weighted by Crippen LogP contribution is 2.25. The minimum atomic E-state index is 0.430. The van der Waals surface area contributed by atoms with E-state index < -0.39 is 0 Å². The molecular formula is C25H27N5O. The molecule has 0 N–H and O–H groups in total. The third-order valence-corrected chi connectivity index (χ3v) is 6.06. The number of pyridine rings is 2. The van der Waals surface area contributed by atoms with Gasteiger partial charge in [-0.15, -0.1) is 0 Å². The summed E-state index contributed by atoms with van der Waals surface area (Å²) in [5.41, 5.74) is 6.11. The Labute approximate surface area is 182 Å². The molecular weight excluding hydrogens is 386 g/mol. The number of hydrogen-bond donors (Lipinski definition) is 0. The zero-order valence-electron chi connectivity index (χ0n) is 18.2. The van der Waals surface area contributed by atoms with Gasteiger partial charge >= 0.3 is 0 Å². The number of ether oxygens (including phenoxy) is 1. The highest BCUT2D eigenvalue weighted by atomic mass is 16.5. The molecule has 0 bridgehead atoms. The van der Waals surface area contributed by atoms with Crippen molar-refractivity contribution in [3.05, 3.63) is 72.3 Å². The lowest BCUT2D eigenvalue weighted by atomic mass is 10.1. The van der Waals surface area contributed by atoms with Crippen LogP contribution in [0.25, 0.3) is 28.1 Å². The van der Waals surface area contributed by atoms with Crippen molar-refractivity contribution < 1.29 is 4.74 Å². The summed E-state index contributed by atoms with van der Waals surface area (Å²) < 4.78 is 7.79. The van der Waals surface area contributed by atoms with Gasteiger partial charge in [0.1, 0.15) is 11.3 Å². The number of nitrogens with zero attached hydrogens (tertiary/aromatic N) is 5. The predicted molar refractivity (Wildman–Crippen MR) is 122 cm³/mol. The van der Waals surface area contributed by atoms with Crippen molar-refractivity contribution in [2.24, 2.45) is 0 Å². The summed E-state index contributed by atoms with van der Waals surface area (Å²) in [4.78, 5) is 16.3. The van der Waals surface area contributed by atoms with Gasteiger partial charge in [0.15, 0.2) is 5.65 Å². The first-order valence-electron chi connectivity index (χ1n) is 10.8. The van der Waals surface area contributed by atoms with E-state index in [-0.39, 0.29) is 0 Å². The second-order valence-corrected chi connectivity index (χ2v) is 8.34. The third-order valence-electron chi connectivity index (χ3n) is 6.06. The van der Waals surface area contributed by atoms with Crippen LogP contribution in [-0.2, 0) is 11.3 Å². The molecule has 0 amide bonds. The molecule has 31 heavy (non-hydrogen) atoms. The number of aromatic nitrogens is 4. The fourth-order valence-electron chi connectivity index (χ4n) is 4.37. The van der Waals surface area contributed by atoms with E-state index in [2.05, 4.69) is 52.6 Å². The summed E-state index contributed by atoms with van der Waals surface area (Å²) in [7, 11) is 0. The summed E-state index contributed by atoms with van der Waals surface area (Å²) >= 11 is 0. The average Bonchev–Trinajstić information content (AvgIpc) is 3.12. The summed E-state index contributed by atoms with van der Waals surface area (Å²) in [6, 6.07) is 17.6. The Hall–Kier alpha value is -3.09. The van der Waals surface area contributed by atoms with E-state index in [0.717, 1.165) is 53.7 Å². The van der Waals surface area contributed by atoms with Gasteiger partial charge in [0.05, 0.1) is 18.9 Å². The van der Waals surface area contributed by atoms with Gasteiger partial charge in [-0.3, -0.25) is 14.5 Å². The maximum absolute atomic E-state index is 5.66. The van der Waals surface area contributed by atoms with E-state index in [9.17, 15) is 0 Å². The number of fused-ring (bicyclic) bond motifs is 1. The Balaban J connectivity index is 1.47. The lowest BCUT2D eigenvalue weighted by molar-refractivity contribution is -0.0409. The van der Waals surface area contributed by atoms with Gasteiger partial charge in [0.2, 0.25) is 0 Å². The summed E-state index contributed by atoms with van der Waals surface area (Å²) in [5, 5.41) is 0. The van der Waals surface area contributed by atoms with Crippen molar-refractivity contribution in [1.82, 2.24) is 24.4 Å². The maximum Gasteiger partial charge on any atom is 0.165 e. The van der Waals surface area contributed by atoms with E-state index >= 15 is 0 Å². The first kappa shape index (κ1) is 19.8. The molecule has 0 aliphatic carbocycles. The number of benzene rings is 1. The number of rotatable bonds is 4. The molecule has 6 heteroatoms. The largest absolute Gasteiger partial charge is 0.378 e. The Morgan fingerprint density at radius 1 is 0.903 bits per heavy atom. The molecule has 0 radical (unpaired) electrons. The van der Waals surface area contributed by atoms with Crippen molar-refractivity contribution in [3.63, 3.8) is 0 Å². The molecule has 158 valence electrons. The van der Waals surface area contributed by atoms with Gasteiger partial charge in [0, 0.05) is 42.3 Å². The quantitative estimate of drug-likeness (QED) is 0.496. The van der Waals surface area contributed by atoms with Gasteiger partial charge in [-0.25, -0.2) is 9.97 Å². The van der Waals surface area contributed by atoms with Crippen molar-refractivity contribution >= 4 is 11.2 Å². The summed E-state index contributed by atoms with van der Waals surface area (Å²) in [6.45, 7) is 9.02.